The molecule has 2 fully saturated rings. The number of amides is 2. The number of rotatable bonds is 12. The van der Waals surface area contributed by atoms with E-state index < -0.39 is 0 Å². The van der Waals surface area contributed by atoms with Crippen molar-refractivity contribution in [2.24, 2.45) is 7.05 Å². The number of hydrogen-bond donors (Lipinski definition) is 4. The van der Waals surface area contributed by atoms with Gasteiger partial charge in [0.2, 0.25) is 11.8 Å². The van der Waals surface area contributed by atoms with Gasteiger partial charge in [-0.25, -0.2) is 0 Å². The van der Waals surface area contributed by atoms with Gasteiger partial charge in [-0.3, -0.25) is 24.8 Å². The topological polar surface area (TPSA) is 143 Å². The summed E-state index contributed by atoms with van der Waals surface area (Å²) in [4.78, 5) is 38.6. The van der Waals surface area contributed by atoms with Gasteiger partial charge in [-0.2, -0.15) is 5.10 Å². The summed E-state index contributed by atoms with van der Waals surface area (Å²) in [5.74, 6) is 1.45. The molecule has 7 rings (SSSR count). The lowest BCUT2D eigenvalue weighted by atomic mass is 9.89. The van der Waals surface area contributed by atoms with E-state index in [4.69, 9.17) is 9.47 Å². The van der Waals surface area contributed by atoms with Gasteiger partial charge in [0.25, 0.3) is 5.56 Å². The maximum atomic E-state index is 12.6. The summed E-state index contributed by atoms with van der Waals surface area (Å²) in [6, 6.07) is 20.6. The number of nitrogens with zero attached hydrogens (tertiary/aromatic N) is 3. The third kappa shape index (κ3) is 7.52. The Kier molecular flexibility index (Phi) is 10.3. The highest BCUT2D eigenvalue weighted by atomic mass is 16.5. The van der Waals surface area contributed by atoms with Crippen molar-refractivity contribution >= 4 is 34.1 Å². The van der Waals surface area contributed by atoms with Crippen LogP contribution in [0.4, 0.5) is 11.4 Å². The number of aryl methyl sites for hydroxylation is 1. The Labute approximate surface area is 302 Å². The Morgan fingerprint density at radius 1 is 0.904 bits per heavy atom. The fourth-order valence-electron chi connectivity index (χ4n) is 7.34. The summed E-state index contributed by atoms with van der Waals surface area (Å²) in [5, 5.41) is 16.9. The van der Waals surface area contributed by atoms with Crippen molar-refractivity contribution in [2.75, 3.05) is 44.5 Å². The normalized spacial score (nSPS) is 16.9. The molecule has 5 aromatic rings. The molecule has 12 heteroatoms. The third-order valence-electron chi connectivity index (χ3n) is 10.4. The van der Waals surface area contributed by atoms with Crippen LogP contribution < -0.4 is 31.0 Å². The first kappa shape index (κ1) is 34.8. The van der Waals surface area contributed by atoms with Crippen LogP contribution in [0.5, 0.6) is 11.5 Å². The monoisotopic (exact) mass is 703 g/mol. The first-order valence-electron chi connectivity index (χ1n) is 17.8. The lowest BCUT2D eigenvalue weighted by Crippen LogP contribution is -2.47. The molecule has 270 valence electrons. The predicted octanol–water partition coefficient (Wildman–Crippen LogP) is 5.20. The number of pyridine rings is 1. The van der Waals surface area contributed by atoms with E-state index in [0.717, 1.165) is 72.3 Å². The number of piperidine rings is 2. The first-order valence-corrected chi connectivity index (χ1v) is 17.8. The fraction of sp³-hybridized carbons (Fsp3) is 0.350. The number of aromatic nitrogens is 3. The van der Waals surface area contributed by atoms with Crippen LogP contribution in [0.25, 0.3) is 22.0 Å². The minimum atomic E-state index is -0.368. The first-order chi connectivity index (χ1) is 25.3. The van der Waals surface area contributed by atoms with Gasteiger partial charge in [-0.15, -0.1) is 0 Å². The van der Waals surface area contributed by atoms with Gasteiger partial charge in [0, 0.05) is 55.1 Å². The maximum Gasteiger partial charge on any atom is 0.276 e. The minimum Gasteiger partial charge on any atom is -0.496 e. The highest BCUT2D eigenvalue weighted by molar-refractivity contribution is 6.01. The fourth-order valence-corrected chi connectivity index (χ4v) is 7.34. The van der Waals surface area contributed by atoms with E-state index >= 15 is 0 Å². The van der Waals surface area contributed by atoms with Crippen LogP contribution in [0.2, 0.25) is 0 Å². The van der Waals surface area contributed by atoms with Crippen LogP contribution >= 0.6 is 0 Å². The second kappa shape index (κ2) is 15.3. The summed E-state index contributed by atoms with van der Waals surface area (Å²) >= 11 is 0. The molecular formula is C40H45N7O5. The highest BCUT2D eigenvalue weighted by Gasteiger charge is 2.27. The molecule has 0 bridgehead atoms. The number of H-pyrrole nitrogens is 1. The lowest BCUT2D eigenvalue weighted by Gasteiger charge is -2.32. The standard InChI is InChI=1S/C40H45N7O5/c1-46-24-33(31-23-42-45-38(31)40(46)50)28-20-35(51-2)32(36(21-28)52-3)22-41-29-8-4-25(5-9-29)14-17-47-18-15-27(16-19-47)26-6-10-30(11-7-26)43-34-12-13-37(48)44-39(34)49/h4-11,20-21,23-24,27,34,41,43H,12-19,22H2,1-3H3,(H,42,45)(H,44,48,49). The van der Waals surface area contributed by atoms with Gasteiger partial charge in [-0.1, -0.05) is 24.3 Å². The number of fused-ring (bicyclic) bond motifs is 1. The van der Waals surface area contributed by atoms with Gasteiger partial charge < -0.3 is 29.6 Å². The Balaban J connectivity index is 0.903. The molecule has 2 saturated heterocycles. The summed E-state index contributed by atoms with van der Waals surface area (Å²) in [6.07, 6.45) is 7.59. The SMILES string of the molecule is COc1cc(-c2cn(C)c(=O)c3[nH]ncc23)cc(OC)c1CNc1ccc(CCN2CCC(c3ccc(NC4CCC(=O)NC4=O)cc3)CC2)cc1. The van der Waals surface area contributed by atoms with Crippen LogP contribution in [-0.2, 0) is 29.6 Å². The van der Waals surface area contributed by atoms with Crippen LogP contribution in [0.3, 0.4) is 0 Å². The molecule has 2 aliphatic rings. The van der Waals surface area contributed by atoms with E-state index in [1.54, 1.807) is 32.0 Å². The number of imide groups is 1. The number of carbonyl (C=O) groups is 2. The Morgan fingerprint density at radius 2 is 1.60 bits per heavy atom. The summed E-state index contributed by atoms with van der Waals surface area (Å²) in [6.45, 7) is 3.67. The zero-order chi connectivity index (χ0) is 36.2. The van der Waals surface area contributed by atoms with Gasteiger partial charge in [0.1, 0.15) is 23.1 Å². The van der Waals surface area contributed by atoms with Crippen molar-refractivity contribution in [3.63, 3.8) is 0 Å². The van der Waals surface area contributed by atoms with Crippen LogP contribution in [0, 0.1) is 0 Å². The summed E-state index contributed by atoms with van der Waals surface area (Å²) in [7, 11) is 5.02. The maximum absolute atomic E-state index is 12.6. The van der Waals surface area contributed by atoms with Crippen molar-refractivity contribution in [3.05, 3.63) is 100 Å². The average Bonchev–Trinajstić information content (AvgIpc) is 3.67. The van der Waals surface area contributed by atoms with E-state index in [1.165, 1.54) is 11.1 Å². The number of hydrogen-bond acceptors (Lipinski definition) is 9. The molecule has 52 heavy (non-hydrogen) atoms. The molecule has 2 aliphatic heterocycles. The van der Waals surface area contributed by atoms with Crippen molar-refractivity contribution in [1.29, 1.82) is 0 Å². The number of benzene rings is 3. The second-order valence-electron chi connectivity index (χ2n) is 13.7. The highest BCUT2D eigenvalue weighted by Crippen LogP contribution is 2.37. The average molecular weight is 704 g/mol. The van der Waals surface area contributed by atoms with Gasteiger partial charge in [-0.05, 0) is 97.8 Å². The Bertz CT molecular complexity index is 2090. The molecule has 0 radical (unpaired) electrons. The third-order valence-corrected chi connectivity index (χ3v) is 10.4. The van der Waals surface area contributed by atoms with E-state index in [1.807, 2.05) is 30.5 Å². The number of ether oxygens (including phenoxy) is 2. The van der Waals surface area contributed by atoms with Crippen molar-refractivity contribution in [1.82, 2.24) is 25.0 Å². The number of anilines is 2. The molecule has 1 atom stereocenters. The number of aromatic amines is 1. The van der Waals surface area contributed by atoms with Gasteiger partial charge in [0.15, 0.2) is 0 Å². The van der Waals surface area contributed by atoms with Gasteiger partial charge in [0.05, 0.1) is 26.0 Å². The van der Waals surface area contributed by atoms with Crippen molar-refractivity contribution in [3.8, 4) is 22.6 Å². The number of nitrogens with one attached hydrogen (secondary N) is 4. The summed E-state index contributed by atoms with van der Waals surface area (Å²) in [5.41, 5.74) is 7.49. The van der Waals surface area contributed by atoms with E-state index in [-0.39, 0.29) is 23.4 Å². The van der Waals surface area contributed by atoms with Crippen LogP contribution in [0.1, 0.15) is 48.3 Å². The molecule has 0 aliphatic carbocycles. The Morgan fingerprint density at radius 3 is 2.27 bits per heavy atom. The summed E-state index contributed by atoms with van der Waals surface area (Å²) < 4.78 is 13.2. The zero-order valence-corrected chi connectivity index (χ0v) is 29.8. The molecule has 4 N–H and O–H groups in total. The molecule has 2 aromatic heterocycles. The van der Waals surface area contributed by atoms with E-state index in [2.05, 4.69) is 67.4 Å². The smallest absolute Gasteiger partial charge is 0.276 e. The van der Waals surface area contributed by atoms with E-state index in [9.17, 15) is 14.4 Å². The Hall–Kier alpha value is -5.62. The van der Waals surface area contributed by atoms with E-state index in [0.29, 0.717) is 42.3 Å². The molecule has 0 saturated carbocycles. The van der Waals surface area contributed by atoms with Crippen molar-refractivity contribution in [2.45, 2.75) is 50.6 Å². The van der Waals surface area contributed by atoms with Crippen LogP contribution in [0.15, 0.2) is 77.9 Å². The number of methoxy groups -OCH3 is 2. The molecule has 4 heterocycles. The molecule has 2 amide bonds. The lowest BCUT2D eigenvalue weighted by molar-refractivity contribution is -0.133. The number of carbonyl (C=O) groups excluding carboxylic acids is 2. The molecule has 1 unspecified atom stereocenters. The van der Waals surface area contributed by atoms with Gasteiger partial charge >= 0.3 is 0 Å². The molecule has 0 spiro atoms. The molecule has 3 aromatic carbocycles. The molecule has 12 nitrogen and oxygen atoms in total. The largest absolute Gasteiger partial charge is 0.496 e. The van der Waals surface area contributed by atoms with Crippen molar-refractivity contribution < 1.29 is 19.1 Å². The second-order valence-corrected chi connectivity index (χ2v) is 13.7. The predicted molar refractivity (Wildman–Crippen MR) is 202 cm³/mol. The molecular weight excluding hydrogens is 658 g/mol. The number of likely N-dealkylation sites (tertiary alicyclic amines) is 1. The zero-order valence-electron chi connectivity index (χ0n) is 29.8. The van der Waals surface area contributed by atoms with Crippen LogP contribution in [-0.4, -0.2) is 71.4 Å². The quantitative estimate of drug-likeness (QED) is 0.129. The minimum absolute atomic E-state index is 0.134.